The van der Waals surface area contributed by atoms with Crippen LogP contribution in [0, 0.1) is 0 Å². The average molecular weight is 308 g/mol. The molecule has 1 unspecified atom stereocenters. The van der Waals surface area contributed by atoms with Gasteiger partial charge in [0.15, 0.2) is 5.96 Å². The maximum absolute atomic E-state index is 5.64. The standard InChI is InChI=1S/C17H32N4O/c1-6-9-12-20(5)17(18-4)19-14-15(21(7-2)8-3)16-11-10-13-22-16/h10-11,13,15H,6-9,12,14H2,1-5H3,(H,18,19). The summed E-state index contributed by atoms with van der Waals surface area (Å²) in [6.45, 7) is 10.4. The molecule has 1 N–H and O–H groups in total. The second kappa shape index (κ2) is 10.3. The van der Waals surface area contributed by atoms with Crippen molar-refractivity contribution in [3.8, 4) is 0 Å². The Hall–Kier alpha value is -1.49. The molecule has 0 fully saturated rings. The van der Waals surface area contributed by atoms with E-state index in [-0.39, 0.29) is 6.04 Å². The van der Waals surface area contributed by atoms with Gasteiger partial charge >= 0.3 is 0 Å². The predicted molar refractivity (Wildman–Crippen MR) is 93.3 cm³/mol. The Morgan fingerprint density at radius 2 is 2.05 bits per heavy atom. The van der Waals surface area contributed by atoms with Gasteiger partial charge in [0, 0.05) is 27.2 Å². The molecule has 1 heterocycles. The Morgan fingerprint density at radius 1 is 1.32 bits per heavy atom. The molecule has 1 atom stereocenters. The van der Waals surface area contributed by atoms with Gasteiger partial charge in [-0.15, -0.1) is 0 Å². The lowest BCUT2D eigenvalue weighted by molar-refractivity contribution is 0.192. The monoisotopic (exact) mass is 308 g/mol. The SMILES string of the molecule is CCCCN(C)C(=NC)NCC(c1ccco1)N(CC)CC. The van der Waals surface area contributed by atoms with E-state index in [1.54, 1.807) is 6.26 Å². The third-order valence-corrected chi connectivity index (χ3v) is 4.00. The molecule has 126 valence electrons. The van der Waals surface area contributed by atoms with Gasteiger partial charge in [0.1, 0.15) is 5.76 Å². The molecule has 0 bridgehead atoms. The van der Waals surface area contributed by atoms with Gasteiger partial charge < -0.3 is 14.6 Å². The molecule has 0 spiro atoms. The molecule has 1 rings (SSSR count). The van der Waals surface area contributed by atoms with Crippen molar-refractivity contribution in [1.29, 1.82) is 0 Å². The zero-order valence-corrected chi connectivity index (χ0v) is 14.8. The van der Waals surface area contributed by atoms with E-state index in [9.17, 15) is 0 Å². The molecule has 0 aliphatic heterocycles. The minimum absolute atomic E-state index is 0.223. The first-order valence-corrected chi connectivity index (χ1v) is 8.37. The Labute approximate surface area is 135 Å². The van der Waals surface area contributed by atoms with E-state index in [2.05, 4.69) is 47.9 Å². The molecule has 0 aliphatic carbocycles. The molecule has 5 nitrogen and oxygen atoms in total. The molecule has 0 amide bonds. The maximum atomic E-state index is 5.64. The lowest BCUT2D eigenvalue weighted by Crippen LogP contribution is -2.44. The minimum Gasteiger partial charge on any atom is -0.468 e. The van der Waals surface area contributed by atoms with Crippen molar-refractivity contribution in [2.75, 3.05) is 40.3 Å². The molecule has 1 aromatic rings. The fraction of sp³-hybridized carbons (Fsp3) is 0.706. The number of rotatable bonds is 9. The summed E-state index contributed by atoms with van der Waals surface area (Å²) in [4.78, 5) is 8.97. The number of aliphatic imine (C=N–C) groups is 1. The van der Waals surface area contributed by atoms with Crippen LogP contribution in [0.15, 0.2) is 27.8 Å². The number of nitrogens with one attached hydrogen (secondary N) is 1. The number of likely N-dealkylation sites (N-methyl/N-ethyl adjacent to an activating group) is 1. The van der Waals surface area contributed by atoms with Crippen molar-refractivity contribution in [2.45, 2.75) is 39.7 Å². The summed E-state index contributed by atoms with van der Waals surface area (Å²) in [5.41, 5.74) is 0. The van der Waals surface area contributed by atoms with Crippen LogP contribution >= 0.6 is 0 Å². The number of furan rings is 1. The largest absolute Gasteiger partial charge is 0.468 e. The molecule has 0 aliphatic rings. The van der Waals surface area contributed by atoms with Crippen LogP contribution in [0.4, 0.5) is 0 Å². The highest BCUT2D eigenvalue weighted by Gasteiger charge is 2.21. The Morgan fingerprint density at radius 3 is 2.55 bits per heavy atom. The molecular weight excluding hydrogens is 276 g/mol. The second-order valence-corrected chi connectivity index (χ2v) is 5.46. The van der Waals surface area contributed by atoms with Gasteiger partial charge in [-0.3, -0.25) is 9.89 Å². The topological polar surface area (TPSA) is 44.0 Å². The zero-order valence-electron chi connectivity index (χ0n) is 14.8. The predicted octanol–water partition coefficient (Wildman–Crippen LogP) is 2.97. The van der Waals surface area contributed by atoms with Crippen molar-refractivity contribution >= 4 is 5.96 Å². The molecule has 0 aromatic carbocycles. The van der Waals surface area contributed by atoms with E-state index < -0.39 is 0 Å². The summed E-state index contributed by atoms with van der Waals surface area (Å²) in [7, 11) is 3.92. The average Bonchev–Trinajstić information content (AvgIpc) is 3.06. The van der Waals surface area contributed by atoms with Crippen LogP contribution in [-0.4, -0.2) is 56.0 Å². The van der Waals surface area contributed by atoms with Gasteiger partial charge in [-0.2, -0.15) is 0 Å². The minimum atomic E-state index is 0.223. The van der Waals surface area contributed by atoms with Gasteiger partial charge in [0.2, 0.25) is 0 Å². The smallest absolute Gasteiger partial charge is 0.193 e. The molecule has 0 radical (unpaired) electrons. The fourth-order valence-corrected chi connectivity index (χ4v) is 2.63. The van der Waals surface area contributed by atoms with Gasteiger partial charge in [0.05, 0.1) is 12.3 Å². The molecule has 22 heavy (non-hydrogen) atoms. The molecular formula is C17H32N4O. The lowest BCUT2D eigenvalue weighted by atomic mass is 10.2. The Kier molecular flexibility index (Phi) is 8.67. The van der Waals surface area contributed by atoms with Crippen LogP contribution in [0.1, 0.15) is 45.4 Å². The number of guanidine groups is 1. The van der Waals surface area contributed by atoms with Gasteiger partial charge in [-0.05, 0) is 31.6 Å². The molecule has 0 saturated carbocycles. The van der Waals surface area contributed by atoms with E-state index >= 15 is 0 Å². The van der Waals surface area contributed by atoms with Gasteiger partial charge in [0.25, 0.3) is 0 Å². The highest BCUT2D eigenvalue weighted by atomic mass is 16.3. The number of hydrogen-bond donors (Lipinski definition) is 1. The first kappa shape index (κ1) is 18.6. The van der Waals surface area contributed by atoms with Crippen LogP contribution in [0.5, 0.6) is 0 Å². The second-order valence-electron chi connectivity index (χ2n) is 5.46. The summed E-state index contributed by atoms with van der Waals surface area (Å²) >= 11 is 0. The van der Waals surface area contributed by atoms with Crippen molar-refractivity contribution in [3.63, 3.8) is 0 Å². The highest BCUT2D eigenvalue weighted by Crippen LogP contribution is 2.20. The van der Waals surface area contributed by atoms with Crippen molar-refractivity contribution < 1.29 is 4.42 Å². The fourth-order valence-electron chi connectivity index (χ4n) is 2.63. The zero-order chi connectivity index (χ0) is 16.4. The number of hydrogen-bond acceptors (Lipinski definition) is 3. The summed E-state index contributed by atoms with van der Waals surface area (Å²) < 4.78 is 5.64. The normalized spacial score (nSPS) is 13.5. The summed E-state index contributed by atoms with van der Waals surface area (Å²) in [5, 5.41) is 3.49. The lowest BCUT2D eigenvalue weighted by Gasteiger charge is -2.30. The van der Waals surface area contributed by atoms with Crippen molar-refractivity contribution in [3.05, 3.63) is 24.2 Å². The molecule has 1 aromatic heterocycles. The van der Waals surface area contributed by atoms with E-state index in [1.807, 2.05) is 19.2 Å². The Balaban J connectivity index is 2.69. The maximum Gasteiger partial charge on any atom is 0.193 e. The molecule has 5 heteroatoms. The Bertz CT molecular complexity index is 412. The van der Waals surface area contributed by atoms with Crippen LogP contribution in [0.25, 0.3) is 0 Å². The first-order chi connectivity index (χ1) is 10.7. The van der Waals surface area contributed by atoms with Gasteiger partial charge in [-0.25, -0.2) is 0 Å². The van der Waals surface area contributed by atoms with Crippen LogP contribution < -0.4 is 5.32 Å². The van der Waals surface area contributed by atoms with Crippen molar-refractivity contribution in [1.82, 2.24) is 15.1 Å². The van der Waals surface area contributed by atoms with E-state index in [0.29, 0.717) is 0 Å². The quantitative estimate of drug-likeness (QED) is 0.563. The number of unbranched alkanes of at least 4 members (excludes halogenated alkanes) is 1. The molecule has 0 saturated heterocycles. The van der Waals surface area contributed by atoms with Crippen molar-refractivity contribution in [2.24, 2.45) is 4.99 Å². The summed E-state index contributed by atoms with van der Waals surface area (Å²) in [6, 6.07) is 4.23. The third kappa shape index (κ3) is 5.37. The number of nitrogens with zero attached hydrogens (tertiary/aromatic N) is 3. The van der Waals surface area contributed by atoms with E-state index in [4.69, 9.17) is 4.42 Å². The summed E-state index contributed by atoms with van der Waals surface area (Å²) in [6.07, 6.45) is 4.11. The third-order valence-electron chi connectivity index (χ3n) is 4.00. The van der Waals surface area contributed by atoms with Crippen LogP contribution in [-0.2, 0) is 0 Å². The van der Waals surface area contributed by atoms with E-state index in [1.165, 1.54) is 12.8 Å². The van der Waals surface area contributed by atoms with Crippen LogP contribution in [0.2, 0.25) is 0 Å². The highest BCUT2D eigenvalue weighted by molar-refractivity contribution is 5.79. The van der Waals surface area contributed by atoms with Gasteiger partial charge in [-0.1, -0.05) is 27.2 Å². The van der Waals surface area contributed by atoms with Crippen LogP contribution in [0.3, 0.4) is 0 Å². The summed E-state index contributed by atoms with van der Waals surface area (Å²) in [5.74, 6) is 1.94. The first-order valence-electron chi connectivity index (χ1n) is 8.37. The van der Waals surface area contributed by atoms with E-state index in [0.717, 1.165) is 37.9 Å².